The van der Waals surface area contributed by atoms with Crippen molar-refractivity contribution in [3.63, 3.8) is 0 Å². The zero-order valence-corrected chi connectivity index (χ0v) is 14.8. The van der Waals surface area contributed by atoms with Crippen molar-refractivity contribution in [3.05, 3.63) is 30.1 Å². The Hall–Kier alpha value is -2.15. The van der Waals surface area contributed by atoms with Crippen LogP contribution in [0.4, 0.5) is 4.39 Å². The van der Waals surface area contributed by atoms with Gasteiger partial charge in [0.15, 0.2) is 17.7 Å². The zero-order valence-electron chi connectivity index (χ0n) is 14.8. The van der Waals surface area contributed by atoms with Crippen molar-refractivity contribution in [2.45, 2.75) is 38.4 Å². The lowest BCUT2D eigenvalue weighted by molar-refractivity contribution is -0.146. The summed E-state index contributed by atoms with van der Waals surface area (Å²) in [5, 5.41) is 9.30. The first-order valence-electron chi connectivity index (χ1n) is 9.01. The van der Waals surface area contributed by atoms with Crippen LogP contribution in [0.15, 0.2) is 24.3 Å². The van der Waals surface area contributed by atoms with Gasteiger partial charge in [0, 0.05) is 19.7 Å². The Kier molecular flexibility index (Phi) is 5.76. The van der Waals surface area contributed by atoms with Gasteiger partial charge < -0.3 is 19.5 Å². The number of carbonyl (C=O) groups excluding carboxylic acids is 1. The SMILES string of the molecule is CC(Oc1ccccc1F)C(=O)N1CCC([C@@H]2OCCC2C(=O)O)CC1. The fraction of sp³-hybridized carbons (Fsp3) is 0.579. The van der Waals surface area contributed by atoms with E-state index in [0.717, 1.165) is 0 Å². The molecule has 2 aliphatic heterocycles. The summed E-state index contributed by atoms with van der Waals surface area (Å²) in [6.07, 6.45) is 0.904. The largest absolute Gasteiger partial charge is 0.481 e. The summed E-state index contributed by atoms with van der Waals surface area (Å²) < 4.78 is 24.8. The van der Waals surface area contributed by atoms with Gasteiger partial charge in [-0.15, -0.1) is 0 Å². The van der Waals surface area contributed by atoms with Crippen LogP contribution < -0.4 is 4.74 Å². The lowest BCUT2D eigenvalue weighted by Gasteiger charge is -2.36. The number of carboxylic acid groups (broad SMARTS) is 1. The number of nitrogens with zero attached hydrogens (tertiary/aromatic N) is 1. The van der Waals surface area contributed by atoms with E-state index in [-0.39, 0.29) is 23.7 Å². The average molecular weight is 365 g/mol. The zero-order chi connectivity index (χ0) is 18.7. The van der Waals surface area contributed by atoms with Crippen molar-refractivity contribution in [2.24, 2.45) is 11.8 Å². The topological polar surface area (TPSA) is 76.1 Å². The van der Waals surface area contributed by atoms with Gasteiger partial charge in [0.1, 0.15) is 0 Å². The summed E-state index contributed by atoms with van der Waals surface area (Å²) in [6.45, 7) is 3.15. The Labute approximate surface area is 151 Å². The highest BCUT2D eigenvalue weighted by Crippen LogP contribution is 2.33. The first kappa shape index (κ1) is 18.6. The molecule has 3 rings (SSSR count). The van der Waals surface area contributed by atoms with Crippen LogP contribution in [0, 0.1) is 17.7 Å². The molecule has 3 atom stereocenters. The van der Waals surface area contributed by atoms with Crippen LogP contribution in [0.1, 0.15) is 26.2 Å². The van der Waals surface area contributed by atoms with Crippen molar-refractivity contribution in [1.82, 2.24) is 4.90 Å². The average Bonchev–Trinajstić information content (AvgIpc) is 3.13. The van der Waals surface area contributed by atoms with Gasteiger partial charge in [0.25, 0.3) is 5.91 Å². The number of ether oxygens (including phenoxy) is 2. The lowest BCUT2D eigenvalue weighted by atomic mass is 9.84. The molecule has 2 aliphatic rings. The van der Waals surface area contributed by atoms with Crippen LogP contribution >= 0.6 is 0 Å². The number of carbonyl (C=O) groups is 2. The maximum Gasteiger partial charge on any atom is 0.309 e. The molecule has 26 heavy (non-hydrogen) atoms. The van der Waals surface area contributed by atoms with Crippen LogP contribution in [0.25, 0.3) is 0 Å². The number of carboxylic acids is 1. The Bertz CT molecular complexity index is 659. The first-order valence-corrected chi connectivity index (χ1v) is 9.01. The lowest BCUT2D eigenvalue weighted by Crippen LogP contribution is -2.47. The van der Waals surface area contributed by atoms with Crippen LogP contribution in [0.3, 0.4) is 0 Å². The molecule has 2 unspecified atom stereocenters. The summed E-state index contributed by atoms with van der Waals surface area (Å²) in [7, 11) is 0. The van der Waals surface area contributed by atoms with Crippen molar-refractivity contribution < 1.29 is 28.6 Å². The molecule has 1 aromatic rings. The number of piperidine rings is 1. The number of likely N-dealkylation sites (tertiary alicyclic amines) is 1. The molecule has 2 heterocycles. The molecule has 0 saturated carbocycles. The third kappa shape index (κ3) is 3.98. The summed E-state index contributed by atoms with van der Waals surface area (Å²) in [5.41, 5.74) is 0. The number of amides is 1. The summed E-state index contributed by atoms with van der Waals surface area (Å²) in [5.74, 6) is -1.74. The number of halogens is 1. The van der Waals surface area contributed by atoms with Crippen LogP contribution in [-0.4, -0.2) is 53.8 Å². The van der Waals surface area contributed by atoms with Crippen molar-refractivity contribution >= 4 is 11.9 Å². The van der Waals surface area contributed by atoms with Gasteiger partial charge in [-0.05, 0) is 44.2 Å². The van der Waals surface area contributed by atoms with Gasteiger partial charge in [-0.3, -0.25) is 9.59 Å². The molecule has 2 fully saturated rings. The highest BCUT2D eigenvalue weighted by molar-refractivity contribution is 5.81. The van der Waals surface area contributed by atoms with E-state index in [1.54, 1.807) is 24.0 Å². The van der Waals surface area contributed by atoms with Gasteiger partial charge in [0.2, 0.25) is 0 Å². The maximum atomic E-state index is 13.7. The molecular formula is C19H24FNO5. The number of para-hydroxylation sites is 1. The van der Waals surface area contributed by atoms with Gasteiger partial charge in [-0.25, -0.2) is 4.39 Å². The molecule has 1 aromatic carbocycles. The van der Waals surface area contributed by atoms with E-state index in [2.05, 4.69) is 0 Å². The van der Waals surface area contributed by atoms with Crippen molar-refractivity contribution in [1.29, 1.82) is 0 Å². The van der Waals surface area contributed by atoms with Gasteiger partial charge in [-0.1, -0.05) is 12.1 Å². The summed E-state index contributed by atoms with van der Waals surface area (Å²) in [6, 6.07) is 6.00. The monoisotopic (exact) mass is 365 g/mol. The molecule has 1 amide bonds. The minimum absolute atomic E-state index is 0.0619. The standard InChI is InChI=1S/C19H24FNO5/c1-12(26-16-5-3-2-4-15(16)20)18(22)21-9-6-13(7-10-21)17-14(19(23)24)8-11-25-17/h2-5,12-14,17H,6-11H2,1H3,(H,23,24)/t12?,14?,17-/m0/s1. The summed E-state index contributed by atoms with van der Waals surface area (Å²) in [4.78, 5) is 25.6. The molecule has 0 aromatic heterocycles. The first-order chi connectivity index (χ1) is 12.5. The molecule has 7 heteroatoms. The predicted molar refractivity (Wildman–Crippen MR) is 91.3 cm³/mol. The molecule has 0 radical (unpaired) electrons. The van der Waals surface area contributed by atoms with Gasteiger partial charge >= 0.3 is 5.97 Å². The van der Waals surface area contributed by atoms with E-state index in [4.69, 9.17) is 9.47 Å². The van der Waals surface area contributed by atoms with E-state index in [1.807, 2.05) is 0 Å². The number of hydrogen-bond donors (Lipinski definition) is 1. The maximum absolute atomic E-state index is 13.7. The van der Waals surface area contributed by atoms with E-state index in [9.17, 15) is 19.1 Å². The third-order valence-corrected chi connectivity index (χ3v) is 5.26. The van der Waals surface area contributed by atoms with Gasteiger partial charge in [-0.2, -0.15) is 0 Å². The third-order valence-electron chi connectivity index (χ3n) is 5.26. The molecule has 1 N–H and O–H groups in total. The number of aliphatic carboxylic acids is 1. The molecule has 142 valence electrons. The number of hydrogen-bond acceptors (Lipinski definition) is 4. The Morgan fingerprint density at radius 2 is 1.96 bits per heavy atom. The number of rotatable bonds is 5. The van der Waals surface area contributed by atoms with Crippen molar-refractivity contribution in [3.8, 4) is 5.75 Å². The molecule has 0 spiro atoms. The second kappa shape index (κ2) is 8.03. The minimum atomic E-state index is -0.807. The second-order valence-corrected chi connectivity index (χ2v) is 6.92. The van der Waals surface area contributed by atoms with E-state index in [1.165, 1.54) is 12.1 Å². The van der Waals surface area contributed by atoms with Crippen LogP contribution in [0.2, 0.25) is 0 Å². The second-order valence-electron chi connectivity index (χ2n) is 6.92. The molecular weight excluding hydrogens is 341 g/mol. The number of benzene rings is 1. The molecule has 0 aliphatic carbocycles. The summed E-state index contributed by atoms with van der Waals surface area (Å²) >= 11 is 0. The Balaban J connectivity index is 1.53. The fourth-order valence-electron chi connectivity index (χ4n) is 3.83. The van der Waals surface area contributed by atoms with E-state index in [0.29, 0.717) is 39.0 Å². The van der Waals surface area contributed by atoms with Gasteiger partial charge in [0.05, 0.1) is 12.0 Å². The Morgan fingerprint density at radius 1 is 1.27 bits per heavy atom. The van der Waals surface area contributed by atoms with E-state index < -0.39 is 23.8 Å². The quantitative estimate of drug-likeness (QED) is 0.867. The smallest absolute Gasteiger partial charge is 0.309 e. The van der Waals surface area contributed by atoms with Crippen LogP contribution in [-0.2, 0) is 14.3 Å². The normalized spacial score (nSPS) is 25.1. The molecule has 6 nitrogen and oxygen atoms in total. The Morgan fingerprint density at radius 3 is 2.62 bits per heavy atom. The predicted octanol–water partition coefficient (Wildman–Crippen LogP) is 2.32. The van der Waals surface area contributed by atoms with E-state index >= 15 is 0 Å². The fourth-order valence-corrected chi connectivity index (χ4v) is 3.83. The minimum Gasteiger partial charge on any atom is -0.481 e. The molecule has 0 bridgehead atoms. The van der Waals surface area contributed by atoms with Crippen molar-refractivity contribution in [2.75, 3.05) is 19.7 Å². The highest BCUT2D eigenvalue weighted by Gasteiger charge is 2.41. The highest BCUT2D eigenvalue weighted by atomic mass is 19.1. The molecule has 2 saturated heterocycles. The van der Waals surface area contributed by atoms with Crippen LogP contribution in [0.5, 0.6) is 5.75 Å².